The fraction of sp³-hybridized carbons (Fsp3) is 0.0968. The van der Waals surface area contributed by atoms with Crippen molar-refractivity contribution in [3.63, 3.8) is 0 Å². The van der Waals surface area contributed by atoms with Gasteiger partial charge >= 0.3 is 0 Å². The van der Waals surface area contributed by atoms with Crippen molar-refractivity contribution in [3.05, 3.63) is 122 Å². The molecule has 1 aromatic heterocycles. The van der Waals surface area contributed by atoms with Crippen molar-refractivity contribution in [1.82, 2.24) is 4.57 Å². The van der Waals surface area contributed by atoms with E-state index in [1.807, 2.05) is 18.2 Å². The topological polar surface area (TPSA) is 4.93 Å². The Kier molecular flexibility index (Phi) is 6.09. The lowest BCUT2D eigenvalue weighted by Gasteiger charge is -2.10. The predicted molar refractivity (Wildman–Crippen MR) is 144 cm³/mol. The summed E-state index contributed by atoms with van der Waals surface area (Å²) in [5.74, 6) is 0. The molecule has 1 heteroatoms. The van der Waals surface area contributed by atoms with Gasteiger partial charge in [0.25, 0.3) is 0 Å². The third-order valence-corrected chi connectivity index (χ3v) is 5.82. The molecule has 0 N–H and O–H groups in total. The smallest absolute Gasteiger partial charge is 0.0615 e. The average molecular weight is 416 g/mol. The Morgan fingerprint density at radius 1 is 0.906 bits per heavy atom. The van der Waals surface area contributed by atoms with Gasteiger partial charge in [0, 0.05) is 21.9 Å². The van der Waals surface area contributed by atoms with E-state index >= 15 is 0 Å². The second-order valence-electron chi connectivity index (χ2n) is 8.19. The number of hydrogen-bond acceptors (Lipinski definition) is 0. The van der Waals surface area contributed by atoms with Crippen LogP contribution in [0.3, 0.4) is 0 Å². The molecule has 0 bridgehead atoms. The molecule has 0 aliphatic carbocycles. The lowest BCUT2D eigenvalue weighted by atomic mass is 9.97. The summed E-state index contributed by atoms with van der Waals surface area (Å²) < 4.78 is 2.28. The van der Waals surface area contributed by atoms with Gasteiger partial charge in [0.15, 0.2) is 0 Å². The second-order valence-corrected chi connectivity index (χ2v) is 8.19. The van der Waals surface area contributed by atoms with Crippen LogP contribution < -0.4 is 0 Å². The van der Waals surface area contributed by atoms with Crippen molar-refractivity contribution in [1.29, 1.82) is 0 Å². The van der Waals surface area contributed by atoms with Crippen molar-refractivity contribution >= 4 is 43.8 Å². The first kappa shape index (κ1) is 21.4. The van der Waals surface area contributed by atoms with Crippen LogP contribution in [0.5, 0.6) is 0 Å². The lowest BCUT2D eigenvalue weighted by molar-refractivity contribution is 1.21. The summed E-state index contributed by atoms with van der Waals surface area (Å²) in [6, 6.07) is 19.8. The van der Waals surface area contributed by atoms with E-state index in [9.17, 15) is 0 Å². The van der Waals surface area contributed by atoms with Crippen LogP contribution in [0.15, 0.2) is 116 Å². The Morgan fingerprint density at radius 2 is 1.69 bits per heavy atom. The molecule has 4 rings (SSSR count). The summed E-state index contributed by atoms with van der Waals surface area (Å²) in [5, 5.41) is 4.98. The first-order valence-corrected chi connectivity index (χ1v) is 10.9. The first-order valence-electron chi connectivity index (χ1n) is 10.9. The zero-order chi connectivity index (χ0) is 22.7. The Morgan fingerprint density at radius 3 is 2.44 bits per heavy atom. The summed E-state index contributed by atoms with van der Waals surface area (Å²) in [6.45, 7) is 16.1. The lowest BCUT2D eigenvalue weighted by Crippen LogP contribution is -1.92. The van der Waals surface area contributed by atoms with Crippen LogP contribution >= 0.6 is 0 Å². The molecular weight excluding hydrogens is 386 g/mol. The van der Waals surface area contributed by atoms with Crippen LogP contribution in [0.4, 0.5) is 0 Å². The SMILES string of the molecule is C=C/C=C\C(=C/C/C(C)=C/C=C)c1ccc2c(ccc3c4ccccc4n(C(=C)C)c23)c1. The highest BCUT2D eigenvalue weighted by Crippen LogP contribution is 2.36. The van der Waals surface area contributed by atoms with E-state index in [1.54, 1.807) is 0 Å². The van der Waals surface area contributed by atoms with Gasteiger partial charge in [-0.05, 0) is 48.9 Å². The molecule has 0 spiro atoms. The molecule has 0 atom stereocenters. The minimum atomic E-state index is 0.879. The normalized spacial score (nSPS) is 12.8. The molecule has 0 fully saturated rings. The molecule has 0 aliphatic heterocycles. The van der Waals surface area contributed by atoms with Crippen LogP contribution in [-0.2, 0) is 0 Å². The summed E-state index contributed by atoms with van der Waals surface area (Å²) >= 11 is 0. The van der Waals surface area contributed by atoms with Crippen LogP contribution in [0.1, 0.15) is 25.8 Å². The minimum Gasteiger partial charge on any atom is -0.313 e. The summed E-state index contributed by atoms with van der Waals surface area (Å²) in [4.78, 5) is 0. The van der Waals surface area contributed by atoms with Gasteiger partial charge in [0.05, 0.1) is 11.0 Å². The van der Waals surface area contributed by atoms with E-state index in [1.165, 1.54) is 49.3 Å². The zero-order valence-electron chi connectivity index (χ0n) is 18.9. The highest BCUT2D eigenvalue weighted by molar-refractivity contribution is 6.19. The molecular formula is C31H29N. The zero-order valence-corrected chi connectivity index (χ0v) is 18.9. The average Bonchev–Trinajstić information content (AvgIpc) is 3.14. The number of hydrogen-bond donors (Lipinski definition) is 0. The maximum absolute atomic E-state index is 4.26. The van der Waals surface area contributed by atoms with Gasteiger partial charge in [-0.25, -0.2) is 0 Å². The minimum absolute atomic E-state index is 0.879. The number of fused-ring (bicyclic) bond motifs is 5. The van der Waals surface area contributed by atoms with Gasteiger partial charge < -0.3 is 4.57 Å². The van der Waals surface area contributed by atoms with E-state index in [-0.39, 0.29) is 0 Å². The number of allylic oxidation sites excluding steroid dienone is 9. The summed E-state index contributed by atoms with van der Waals surface area (Å²) in [6.07, 6.45) is 13.0. The Labute approximate surface area is 190 Å². The molecule has 158 valence electrons. The van der Waals surface area contributed by atoms with Crippen LogP contribution in [0.2, 0.25) is 0 Å². The molecule has 3 aromatic carbocycles. The predicted octanol–water partition coefficient (Wildman–Crippen LogP) is 9.09. The molecule has 1 heterocycles. The molecule has 0 radical (unpaired) electrons. The Hall–Kier alpha value is -3.84. The van der Waals surface area contributed by atoms with Crippen molar-refractivity contribution < 1.29 is 0 Å². The number of aromatic nitrogens is 1. The standard InChI is InChI=1S/C31H29N/c1-6-8-12-24(16-15-23(5)11-7-2)25-17-19-27-26(21-25)18-20-29-28-13-9-10-14-30(28)32(22(3)4)31(27)29/h6-14,16-21H,1-3,15H2,4-5H3/b12-8-,23-11+,24-16+. The molecule has 0 saturated carbocycles. The van der Waals surface area contributed by atoms with Crippen LogP contribution in [-0.4, -0.2) is 4.57 Å². The van der Waals surface area contributed by atoms with E-state index in [0.717, 1.165) is 12.1 Å². The Bertz CT molecular complexity index is 1450. The summed E-state index contributed by atoms with van der Waals surface area (Å²) in [5.41, 5.74) is 7.10. The summed E-state index contributed by atoms with van der Waals surface area (Å²) in [7, 11) is 0. The van der Waals surface area contributed by atoms with Gasteiger partial charge in [0.1, 0.15) is 0 Å². The maximum Gasteiger partial charge on any atom is 0.0615 e. The van der Waals surface area contributed by atoms with Crippen LogP contribution in [0.25, 0.3) is 43.8 Å². The van der Waals surface area contributed by atoms with Gasteiger partial charge in [-0.1, -0.05) is 104 Å². The second kappa shape index (κ2) is 9.11. The highest BCUT2D eigenvalue weighted by atomic mass is 15.0. The molecule has 0 amide bonds. The monoisotopic (exact) mass is 415 g/mol. The fourth-order valence-electron chi connectivity index (χ4n) is 4.36. The maximum atomic E-state index is 4.26. The fourth-order valence-corrected chi connectivity index (χ4v) is 4.36. The molecule has 0 unspecified atom stereocenters. The third-order valence-electron chi connectivity index (χ3n) is 5.82. The molecule has 1 nitrogen and oxygen atoms in total. The van der Waals surface area contributed by atoms with Crippen molar-refractivity contribution in [2.45, 2.75) is 20.3 Å². The van der Waals surface area contributed by atoms with E-state index in [0.29, 0.717) is 0 Å². The molecule has 32 heavy (non-hydrogen) atoms. The van der Waals surface area contributed by atoms with Crippen LogP contribution in [0, 0.1) is 0 Å². The van der Waals surface area contributed by atoms with Gasteiger partial charge in [-0.3, -0.25) is 0 Å². The quantitative estimate of drug-likeness (QED) is 0.265. The number of benzene rings is 3. The van der Waals surface area contributed by atoms with E-state index < -0.39 is 0 Å². The van der Waals surface area contributed by atoms with Gasteiger partial charge in [0.2, 0.25) is 0 Å². The number of rotatable bonds is 7. The van der Waals surface area contributed by atoms with Gasteiger partial charge in [-0.2, -0.15) is 0 Å². The highest BCUT2D eigenvalue weighted by Gasteiger charge is 2.14. The Balaban J connectivity index is 1.93. The van der Waals surface area contributed by atoms with Crippen molar-refractivity contribution in [2.75, 3.05) is 0 Å². The van der Waals surface area contributed by atoms with E-state index in [4.69, 9.17) is 0 Å². The number of para-hydroxylation sites is 1. The number of nitrogens with zero attached hydrogens (tertiary/aromatic N) is 1. The molecule has 0 aliphatic rings. The van der Waals surface area contributed by atoms with Gasteiger partial charge in [-0.15, -0.1) is 0 Å². The van der Waals surface area contributed by atoms with Crippen molar-refractivity contribution in [2.24, 2.45) is 0 Å². The van der Waals surface area contributed by atoms with Crippen molar-refractivity contribution in [3.8, 4) is 0 Å². The first-order chi connectivity index (χ1) is 15.5. The third kappa shape index (κ3) is 3.90. The molecule has 4 aromatic rings. The molecule has 0 saturated heterocycles. The largest absolute Gasteiger partial charge is 0.313 e. The van der Waals surface area contributed by atoms with E-state index in [2.05, 4.69) is 111 Å².